The standard InChI is InChI=1S/C8H9BrIN3.ClH/c9-6-1-5(2-7(10)3-6)4-13-8(11)12;/h1-3H,4H2,(H4,11,12,13);1H. The summed E-state index contributed by atoms with van der Waals surface area (Å²) in [6.45, 7) is 0.526. The third-order valence-corrected chi connectivity index (χ3v) is 2.45. The Morgan fingerprint density at radius 2 is 2.00 bits per heavy atom. The zero-order valence-corrected chi connectivity index (χ0v) is 11.8. The van der Waals surface area contributed by atoms with Crippen molar-refractivity contribution in [3.8, 4) is 0 Å². The average molecular weight is 390 g/mol. The predicted octanol–water partition coefficient (Wildman–Crippen LogP) is 2.25. The zero-order valence-electron chi connectivity index (χ0n) is 7.21. The van der Waals surface area contributed by atoms with Crippen LogP contribution < -0.4 is 11.5 Å². The van der Waals surface area contributed by atoms with Gasteiger partial charge in [-0.3, -0.25) is 0 Å². The van der Waals surface area contributed by atoms with Gasteiger partial charge in [-0.25, -0.2) is 4.99 Å². The van der Waals surface area contributed by atoms with Gasteiger partial charge in [0, 0.05) is 8.04 Å². The topological polar surface area (TPSA) is 64.4 Å². The molecular formula is C8H10BrClIN3. The van der Waals surface area contributed by atoms with Crippen molar-refractivity contribution in [2.45, 2.75) is 6.54 Å². The molecular weight excluding hydrogens is 380 g/mol. The Kier molecular flexibility index (Phi) is 6.46. The lowest BCUT2D eigenvalue weighted by Gasteiger charge is -2.00. The average Bonchev–Trinajstić information content (AvgIpc) is 1.99. The number of nitrogens with zero attached hydrogens (tertiary/aromatic N) is 1. The molecule has 0 spiro atoms. The summed E-state index contributed by atoms with van der Waals surface area (Å²) in [7, 11) is 0. The molecule has 0 aliphatic rings. The third-order valence-electron chi connectivity index (χ3n) is 1.37. The highest BCUT2D eigenvalue weighted by Crippen LogP contribution is 2.17. The highest BCUT2D eigenvalue weighted by molar-refractivity contribution is 14.1. The first-order chi connectivity index (χ1) is 6.08. The normalized spacial score (nSPS) is 9.00. The number of hydrogen-bond donors (Lipinski definition) is 2. The second-order valence-corrected chi connectivity index (χ2v) is 4.68. The second-order valence-electron chi connectivity index (χ2n) is 2.52. The summed E-state index contributed by atoms with van der Waals surface area (Å²) >= 11 is 5.65. The Morgan fingerprint density at radius 3 is 2.50 bits per heavy atom. The van der Waals surface area contributed by atoms with E-state index in [9.17, 15) is 0 Å². The molecule has 4 N–H and O–H groups in total. The minimum absolute atomic E-state index is 0. The largest absolute Gasteiger partial charge is 0.370 e. The van der Waals surface area contributed by atoms with Crippen LogP contribution in [0.25, 0.3) is 0 Å². The monoisotopic (exact) mass is 389 g/mol. The Balaban J connectivity index is 0.00000169. The van der Waals surface area contributed by atoms with E-state index in [0.29, 0.717) is 6.54 Å². The number of hydrogen-bond acceptors (Lipinski definition) is 1. The third kappa shape index (κ3) is 5.02. The van der Waals surface area contributed by atoms with Crippen LogP contribution in [0.4, 0.5) is 0 Å². The van der Waals surface area contributed by atoms with E-state index in [4.69, 9.17) is 11.5 Å². The maximum Gasteiger partial charge on any atom is 0.186 e. The van der Waals surface area contributed by atoms with Crippen LogP contribution in [0.3, 0.4) is 0 Å². The van der Waals surface area contributed by atoms with Crippen molar-refractivity contribution in [2.24, 2.45) is 16.5 Å². The lowest BCUT2D eigenvalue weighted by molar-refractivity contribution is 1.05. The maximum absolute atomic E-state index is 5.23. The van der Waals surface area contributed by atoms with E-state index >= 15 is 0 Å². The molecule has 0 amide bonds. The molecule has 0 saturated heterocycles. The van der Waals surface area contributed by atoms with Crippen LogP contribution in [0.15, 0.2) is 27.7 Å². The summed E-state index contributed by atoms with van der Waals surface area (Å²) in [5.74, 6) is 0.120. The summed E-state index contributed by atoms with van der Waals surface area (Å²) in [6, 6.07) is 6.06. The van der Waals surface area contributed by atoms with Crippen LogP contribution in [0.5, 0.6) is 0 Å². The molecule has 0 unspecified atom stereocenters. The van der Waals surface area contributed by atoms with Gasteiger partial charge in [0.2, 0.25) is 0 Å². The fourth-order valence-corrected chi connectivity index (χ4v) is 2.59. The fourth-order valence-electron chi connectivity index (χ4n) is 0.885. The summed E-state index contributed by atoms with van der Waals surface area (Å²) in [6.07, 6.45) is 0. The minimum Gasteiger partial charge on any atom is -0.370 e. The van der Waals surface area contributed by atoms with Crippen LogP contribution in [-0.2, 0) is 6.54 Å². The number of aliphatic imine (C=N–C) groups is 1. The van der Waals surface area contributed by atoms with E-state index < -0.39 is 0 Å². The van der Waals surface area contributed by atoms with Crippen molar-refractivity contribution in [1.82, 2.24) is 0 Å². The van der Waals surface area contributed by atoms with Crippen LogP contribution in [-0.4, -0.2) is 5.96 Å². The number of guanidine groups is 1. The lowest BCUT2D eigenvalue weighted by atomic mass is 10.2. The van der Waals surface area contributed by atoms with Crippen molar-refractivity contribution >= 4 is 56.9 Å². The molecule has 1 rings (SSSR count). The SMILES string of the molecule is Cl.NC(N)=NCc1cc(Br)cc(I)c1. The number of rotatable bonds is 2. The number of halogens is 3. The van der Waals surface area contributed by atoms with Crippen molar-refractivity contribution in [2.75, 3.05) is 0 Å². The summed E-state index contributed by atoms with van der Waals surface area (Å²) in [5.41, 5.74) is 11.6. The van der Waals surface area contributed by atoms with Crippen molar-refractivity contribution in [3.05, 3.63) is 31.8 Å². The Labute approximate surface area is 111 Å². The van der Waals surface area contributed by atoms with E-state index in [1.54, 1.807) is 0 Å². The first-order valence-electron chi connectivity index (χ1n) is 3.58. The molecule has 1 aromatic carbocycles. The predicted molar refractivity (Wildman–Crippen MR) is 73.6 cm³/mol. The number of nitrogens with two attached hydrogens (primary N) is 2. The molecule has 1 aromatic rings. The Morgan fingerprint density at radius 1 is 1.36 bits per heavy atom. The Bertz CT molecular complexity index is 319. The van der Waals surface area contributed by atoms with Crippen molar-refractivity contribution in [3.63, 3.8) is 0 Å². The summed E-state index contributed by atoms with van der Waals surface area (Å²) in [4.78, 5) is 3.93. The van der Waals surface area contributed by atoms with Gasteiger partial charge in [0.25, 0.3) is 0 Å². The Hall–Kier alpha value is -0.0100. The van der Waals surface area contributed by atoms with Gasteiger partial charge >= 0.3 is 0 Å². The van der Waals surface area contributed by atoms with Gasteiger partial charge in [-0.15, -0.1) is 12.4 Å². The summed E-state index contributed by atoms with van der Waals surface area (Å²) in [5, 5.41) is 0. The molecule has 0 saturated carbocycles. The van der Waals surface area contributed by atoms with Gasteiger partial charge < -0.3 is 11.5 Å². The lowest BCUT2D eigenvalue weighted by Crippen LogP contribution is -2.22. The molecule has 78 valence electrons. The van der Waals surface area contributed by atoms with Gasteiger partial charge in [0.1, 0.15) is 0 Å². The molecule has 6 heteroatoms. The molecule has 3 nitrogen and oxygen atoms in total. The summed E-state index contributed by atoms with van der Waals surface area (Å²) < 4.78 is 2.20. The molecule has 14 heavy (non-hydrogen) atoms. The van der Waals surface area contributed by atoms with Crippen LogP contribution in [0.1, 0.15) is 5.56 Å². The molecule has 0 bridgehead atoms. The quantitative estimate of drug-likeness (QED) is 0.462. The van der Waals surface area contributed by atoms with E-state index in [1.807, 2.05) is 18.2 Å². The minimum atomic E-state index is 0. The van der Waals surface area contributed by atoms with Gasteiger partial charge in [-0.2, -0.15) is 0 Å². The van der Waals surface area contributed by atoms with Crippen LogP contribution in [0.2, 0.25) is 0 Å². The van der Waals surface area contributed by atoms with Gasteiger partial charge in [-0.1, -0.05) is 15.9 Å². The first-order valence-corrected chi connectivity index (χ1v) is 5.45. The fraction of sp³-hybridized carbons (Fsp3) is 0.125. The van der Waals surface area contributed by atoms with Gasteiger partial charge in [-0.05, 0) is 46.4 Å². The van der Waals surface area contributed by atoms with Crippen molar-refractivity contribution in [1.29, 1.82) is 0 Å². The van der Waals surface area contributed by atoms with E-state index in [1.165, 1.54) is 0 Å². The van der Waals surface area contributed by atoms with Gasteiger partial charge in [0.05, 0.1) is 6.54 Å². The van der Waals surface area contributed by atoms with Crippen LogP contribution in [0, 0.1) is 3.57 Å². The van der Waals surface area contributed by atoms with E-state index in [0.717, 1.165) is 13.6 Å². The molecule has 0 heterocycles. The molecule has 0 aromatic heterocycles. The first kappa shape index (κ1) is 14.0. The highest BCUT2D eigenvalue weighted by Gasteiger charge is 1.96. The van der Waals surface area contributed by atoms with E-state index in [-0.39, 0.29) is 18.4 Å². The second kappa shape index (κ2) is 6.47. The van der Waals surface area contributed by atoms with Gasteiger partial charge in [0.15, 0.2) is 5.96 Å². The van der Waals surface area contributed by atoms with E-state index in [2.05, 4.69) is 43.5 Å². The number of benzene rings is 1. The molecule has 0 radical (unpaired) electrons. The molecule has 0 aliphatic carbocycles. The smallest absolute Gasteiger partial charge is 0.186 e. The molecule has 0 aliphatic heterocycles. The maximum atomic E-state index is 5.23. The van der Waals surface area contributed by atoms with Crippen LogP contribution >= 0.6 is 50.9 Å². The zero-order chi connectivity index (χ0) is 9.84. The molecule has 0 fully saturated rings. The molecule has 0 atom stereocenters. The van der Waals surface area contributed by atoms with Crippen molar-refractivity contribution < 1.29 is 0 Å². The highest BCUT2D eigenvalue weighted by atomic mass is 127.